The average molecular weight is 225 g/mol. The van der Waals surface area contributed by atoms with Crippen LogP contribution in [0.3, 0.4) is 0 Å². The van der Waals surface area contributed by atoms with Gasteiger partial charge in [0.05, 0.1) is 6.07 Å². The van der Waals surface area contributed by atoms with E-state index in [0.717, 1.165) is 17.7 Å². The van der Waals surface area contributed by atoms with Gasteiger partial charge in [0.2, 0.25) is 0 Å². The number of hydrogen-bond donors (Lipinski definition) is 2. The smallest absolute Gasteiger partial charge is 0.0988 e. The first-order valence-corrected chi connectivity index (χ1v) is 5.61. The summed E-state index contributed by atoms with van der Waals surface area (Å²) < 4.78 is 0. The fourth-order valence-corrected chi connectivity index (χ4v) is 2.03. The van der Waals surface area contributed by atoms with E-state index >= 15 is 0 Å². The SMILES string of the molecule is N#CC1=CCC(C(N)c2ccccc2N)C=C1. The topological polar surface area (TPSA) is 75.8 Å². The molecule has 0 spiro atoms. The minimum Gasteiger partial charge on any atom is -0.398 e. The Morgan fingerprint density at radius 3 is 2.71 bits per heavy atom. The summed E-state index contributed by atoms with van der Waals surface area (Å²) in [6.07, 6.45) is 6.53. The van der Waals surface area contributed by atoms with Gasteiger partial charge in [0, 0.05) is 17.3 Å². The van der Waals surface area contributed by atoms with Gasteiger partial charge in [-0.3, -0.25) is 0 Å². The van der Waals surface area contributed by atoms with Crippen molar-refractivity contribution in [3.63, 3.8) is 0 Å². The van der Waals surface area contributed by atoms with Crippen molar-refractivity contribution in [3.05, 3.63) is 53.6 Å². The van der Waals surface area contributed by atoms with Crippen LogP contribution in [-0.4, -0.2) is 0 Å². The third-order valence-electron chi connectivity index (χ3n) is 3.08. The highest BCUT2D eigenvalue weighted by Gasteiger charge is 2.19. The Kier molecular flexibility index (Phi) is 3.27. The molecule has 0 amide bonds. The van der Waals surface area contributed by atoms with E-state index in [0.29, 0.717) is 5.57 Å². The maximum Gasteiger partial charge on any atom is 0.0988 e. The van der Waals surface area contributed by atoms with E-state index in [2.05, 4.69) is 6.07 Å². The van der Waals surface area contributed by atoms with Crippen LogP contribution in [0.1, 0.15) is 18.0 Å². The second-order valence-electron chi connectivity index (χ2n) is 4.18. The van der Waals surface area contributed by atoms with Gasteiger partial charge in [0.15, 0.2) is 0 Å². The number of nitriles is 1. The van der Waals surface area contributed by atoms with Gasteiger partial charge in [-0.25, -0.2) is 0 Å². The van der Waals surface area contributed by atoms with Gasteiger partial charge in [0.1, 0.15) is 0 Å². The molecule has 17 heavy (non-hydrogen) atoms. The summed E-state index contributed by atoms with van der Waals surface area (Å²) in [5.74, 6) is 0.205. The third-order valence-corrected chi connectivity index (χ3v) is 3.08. The van der Waals surface area contributed by atoms with E-state index in [1.807, 2.05) is 42.5 Å². The number of benzene rings is 1. The number of para-hydroxylation sites is 1. The van der Waals surface area contributed by atoms with Gasteiger partial charge in [-0.05, 0) is 30.0 Å². The molecular weight excluding hydrogens is 210 g/mol. The number of rotatable bonds is 2. The highest BCUT2D eigenvalue weighted by atomic mass is 14.7. The summed E-state index contributed by atoms with van der Waals surface area (Å²) in [6.45, 7) is 0. The Labute approximate surface area is 101 Å². The molecule has 0 bridgehead atoms. The van der Waals surface area contributed by atoms with Crippen LogP contribution in [0.15, 0.2) is 48.1 Å². The zero-order chi connectivity index (χ0) is 12.3. The highest BCUT2D eigenvalue weighted by molar-refractivity contribution is 5.49. The molecule has 0 aromatic heterocycles. The molecule has 2 atom stereocenters. The van der Waals surface area contributed by atoms with Crippen LogP contribution in [0.5, 0.6) is 0 Å². The van der Waals surface area contributed by atoms with Crippen molar-refractivity contribution in [2.75, 3.05) is 5.73 Å². The van der Waals surface area contributed by atoms with Crippen molar-refractivity contribution in [2.24, 2.45) is 11.7 Å². The standard InChI is InChI=1S/C14H15N3/c15-9-10-5-7-11(8-6-10)14(17)12-3-1-2-4-13(12)16/h1-7,11,14H,8,16-17H2. The lowest BCUT2D eigenvalue weighted by Crippen LogP contribution is -2.21. The number of nitrogens with two attached hydrogens (primary N) is 2. The van der Waals surface area contributed by atoms with Crippen LogP contribution in [0, 0.1) is 17.2 Å². The molecule has 0 saturated heterocycles. The van der Waals surface area contributed by atoms with Gasteiger partial charge in [-0.1, -0.05) is 30.4 Å². The number of nitrogens with zero attached hydrogens (tertiary/aromatic N) is 1. The first-order chi connectivity index (χ1) is 8.22. The highest BCUT2D eigenvalue weighted by Crippen LogP contribution is 2.30. The van der Waals surface area contributed by atoms with Crippen molar-refractivity contribution in [2.45, 2.75) is 12.5 Å². The molecule has 1 aliphatic rings. The average Bonchev–Trinajstić information content (AvgIpc) is 2.39. The second kappa shape index (κ2) is 4.86. The van der Waals surface area contributed by atoms with E-state index in [4.69, 9.17) is 16.7 Å². The van der Waals surface area contributed by atoms with Crippen LogP contribution < -0.4 is 11.5 Å². The second-order valence-corrected chi connectivity index (χ2v) is 4.18. The largest absolute Gasteiger partial charge is 0.398 e. The van der Waals surface area contributed by atoms with Crippen LogP contribution in [0.4, 0.5) is 5.69 Å². The number of nitrogen functional groups attached to an aromatic ring is 1. The number of anilines is 1. The molecule has 1 aromatic carbocycles. The third kappa shape index (κ3) is 2.38. The molecule has 0 fully saturated rings. The molecule has 0 heterocycles. The Balaban J connectivity index is 2.16. The fourth-order valence-electron chi connectivity index (χ4n) is 2.03. The summed E-state index contributed by atoms with van der Waals surface area (Å²) in [4.78, 5) is 0. The monoisotopic (exact) mass is 225 g/mol. The predicted octanol–water partition coefficient (Wildman–Crippen LogP) is 2.29. The van der Waals surface area contributed by atoms with Gasteiger partial charge in [0.25, 0.3) is 0 Å². The maximum atomic E-state index is 8.76. The molecule has 1 aromatic rings. The van der Waals surface area contributed by atoms with Gasteiger partial charge < -0.3 is 11.5 Å². The lowest BCUT2D eigenvalue weighted by Gasteiger charge is -2.23. The summed E-state index contributed by atoms with van der Waals surface area (Å²) >= 11 is 0. The molecule has 86 valence electrons. The maximum absolute atomic E-state index is 8.76. The van der Waals surface area contributed by atoms with Crippen molar-refractivity contribution < 1.29 is 0 Å². The zero-order valence-corrected chi connectivity index (χ0v) is 9.51. The van der Waals surface area contributed by atoms with E-state index < -0.39 is 0 Å². The molecule has 3 heteroatoms. The Hall–Kier alpha value is -2.05. The van der Waals surface area contributed by atoms with E-state index in [1.165, 1.54) is 0 Å². The predicted molar refractivity (Wildman–Crippen MR) is 68.7 cm³/mol. The molecule has 0 radical (unpaired) electrons. The fraction of sp³-hybridized carbons (Fsp3) is 0.214. The lowest BCUT2D eigenvalue weighted by molar-refractivity contribution is 0.524. The Morgan fingerprint density at radius 1 is 1.35 bits per heavy atom. The van der Waals surface area contributed by atoms with Crippen LogP contribution in [-0.2, 0) is 0 Å². The van der Waals surface area contributed by atoms with E-state index in [9.17, 15) is 0 Å². The molecule has 0 saturated carbocycles. The minimum absolute atomic E-state index is 0.121. The summed E-state index contributed by atoms with van der Waals surface area (Å²) in [5, 5.41) is 8.76. The van der Waals surface area contributed by atoms with Gasteiger partial charge >= 0.3 is 0 Å². The van der Waals surface area contributed by atoms with Crippen LogP contribution in [0.25, 0.3) is 0 Å². The molecule has 0 aliphatic heterocycles. The van der Waals surface area contributed by atoms with Crippen molar-refractivity contribution in [3.8, 4) is 6.07 Å². The Morgan fingerprint density at radius 2 is 2.12 bits per heavy atom. The first kappa shape index (κ1) is 11.4. The van der Waals surface area contributed by atoms with E-state index in [1.54, 1.807) is 0 Å². The van der Waals surface area contributed by atoms with Gasteiger partial charge in [-0.15, -0.1) is 0 Å². The van der Waals surface area contributed by atoms with E-state index in [-0.39, 0.29) is 12.0 Å². The lowest BCUT2D eigenvalue weighted by atomic mass is 9.86. The molecule has 2 rings (SSSR count). The molecular formula is C14H15N3. The minimum atomic E-state index is -0.121. The van der Waals surface area contributed by atoms with Crippen LogP contribution >= 0.6 is 0 Å². The first-order valence-electron chi connectivity index (χ1n) is 5.61. The zero-order valence-electron chi connectivity index (χ0n) is 9.51. The van der Waals surface area contributed by atoms with Crippen molar-refractivity contribution >= 4 is 5.69 Å². The number of hydrogen-bond acceptors (Lipinski definition) is 3. The Bertz CT molecular complexity index is 508. The molecule has 3 nitrogen and oxygen atoms in total. The normalized spacial score (nSPS) is 20.5. The molecule has 1 aliphatic carbocycles. The van der Waals surface area contributed by atoms with Crippen molar-refractivity contribution in [1.82, 2.24) is 0 Å². The molecule has 4 N–H and O–H groups in total. The summed E-state index contributed by atoms with van der Waals surface area (Å²) in [5.41, 5.74) is 14.5. The summed E-state index contributed by atoms with van der Waals surface area (Å²) in [7, 11) is 0. The van der Waals surface area contributed by atoms with Crippen LogP contribution in [0.2, 0.25) is 0 Å². The van der Waals surface area contributed by atoms with Gasteiger partial charge in [-0.2, -0.15) is 5.26 Å². The quantitative estimate of drug-likeness (QED) is 0.758. The summed E-state index contributed by atoms with van der Waals surface area (Å²) in [6, 6.07) is 9.65. The molecule has 2 unspecified atom stereocenters. The van der Waals surface area contributed by atoms with Crippen molar-refractivity contribution in [1.29, 1.82) is 5.26 Å². The number of allylic oxidation sites excluding steroid dienone is 3.